The summed E-state index contributed by atoms with van der Waals surface area (Å²) in [6.07, 6.45) is 4.05. The van der Waals surface area contributed by atoms with Crippen LogP contribution in [-0.4, -0.2) is 37.2 Å². The Labute approximate surface area is 149 Å². The second-order valence-corrected chi connectivity index (χ2v) is 7.19. The van der Waals surface area contributed by atoms with Crippen molar-refractivity contribution in [2.45, 2.75) is 29.7 Å². The maximum absolute atomic E-state index is 12.2. The summed E-state index contributed by atoms with van der Waals surface area (Å²) in [6, 6.07) is 7.13. The molecule has 7 nitrogen and oxygen atoms in total. The van der Waals surface area contributed by atoms with Crippen molar-refractivity contribution >= 4 is 17.4 Å². The fourth-order valence-electron chi connectivity index (χ4n) is 3.20. The Morgan fingerprint density at radius 3 is 3.12 bits per heavy atom. The molecule has 25 heavy (non-hydrogen) atoms. The first-order valence-electron chi connectivity index (χ1n) is 8.42. The van der Waals surface area contributed by atoms with E-state index in [4.69, 9.17) is 0 Å². The smallest absolute Gasteiger partial charge is 0.258 e. The van der Waals surface area contributed by atoms with E-state index >= 15 is 0 Å². The molecular formula is C17H20N6OS. The van der Waals surface area contributed by atoms with Crippen LogP contribution >= 0.6 is 11.8 Å². The Balaban J connectivity index is 1.52. The predicted molar refractivity (Wildman–Crippen MR) is 96.9 cm³/mol. The summed E-state index contributed by atoms with van der Waals surface area (Å²) in [5.41, 5.74) is 1.36. The monoisotopic (exact) mass is 356 g/mol. The summed E-state index contributed by atoms with van der Waals surface area (Å²) in [5, 5.41) is 13.0. The number of nitrogens with one attached hydrogen (secondary N) is 1. The van der Waals surface area contributed by atoms with Crippen molar-refractivity contribution in [1.29, 1.82) is 0 Å². The molecule has 8 heteroatoms. The Kier molecular flexibility index (Phi) is 4.54. The van der Waals surface area contributed by atoms with Gasteiger partial charge in [-0.1, -0.05) is 17.8 Å². The van der Waals surface area contributed by atoms with Gasteiger partial charge in [0.15, 0.2) is 5.16 Å². The van der Waals surface area contributed by atoms with E-state index in [0.717, 1.165) is 36.2 Å². The van der Waals surface area contributed by atoms with Crippen LogP contribution in [0.3, 0.4) is 0 Å². The first-order valence-corrected chi connectivity index (χ1v) is 9.41. The average molecular weight is 356 g/mol. The Morgan fingerprint density at radius 1 is 1.36 bits per heavy atom. The number of aromatic nitrogens is 5. The van der Waals surface area contributed by atoms with E-state index in [1.807, 2.05) is 25.2 Å². The number of pyridine rings is 1. The van der Waals surface area contributed by atoms with E-state index in [1.54, 1.807) is 28.4 Å². The van der Waals surface area contributed by atoms with Crippen LogP contribution in [0.4, 0.5) is 0 Å². The van der Waals surface area contributed by atoms with Gasteiger partial charge in [-0.3, -0.25) is 9.20 Å². The van der Waals surface area contributed by atoms with Gasteiger partial charge in [-0.25, -0.2) is 4.98 Å². The van der Waals surface area contributed by atoms with Gasteiger partial charge in [-0.15, -0.1) is 10.2 Å². The Hall–Kier alpha value is -2.19. The van der Waals surface area contributed by atoms with Gasteiger partial charge in [0, 0.05) is 37.5 Å². The Bertz CT molecular complexity index is 944. The molecule has 0 bridgehead atoms. The first kappa shape index (κ1) is 16.3. The minimum atomic E-state index is -0.0619. The van der Waals surface area contributed by atoms with Crippen molar-refractivity contribution in [2.75, 3.05) is 13.1 Å². The van der Waals surface area contributed by atoms with Gasteiger partial charge in [-0.2, -0.15) is 0 Å². The zero-order valence-electron chi connectivity index (χ0n) is 14.1. The van der Waals surface area contributed by atoms with Crippen molar-refractivity contribution in [2.24, 2.45) is 7.05 Å². The van der Waals surface area contributed by atoms with E-state index in [1.165, 1.54) is 6.42 Å². The molecule has 1 aliphatic rings. The molecule has 0 amide bonds. The highest BCUT2D eigenvalue weighted by atomic mass is 32.2. The Morgan fingerprint density at radius 2 is 2.28 bits per heavy atom. The second kappa shape index (κ2) is 6.97. The molecule has 0 radical (unpaired) electrons. The van der Waals surface area contributed by atoms with Crippen molar-refractivity contribution in [3.8, 4) is 0 Å². The summed E-state index contributed by atoms with van der Waals surface area (Å²) >= 11 is 1.56. The van der Waals surface area contributed by atoms with Gasteiger partial charge in [0.2, 0.25) is 0 Å². The minimum Gasteiger partial charge on any atom is -0.316 e. The maximum Gasteiger partial charge on any atom is 0.258 e. The molecule has 0 aliphatic carbocycles. The molecule has 0 spiro atoms. The number of piperidine rings is 1. The molecule has 4 rings (SSSR count). The fraction of sp³-hybridized carbons (Fsp3) is 0.412. The highest BCUT2D eigenvalue weighted by Crippen LogP contribution is 2.26. The molecule has 0 saturated carbocycles. The first-order chi connectivity index (χ1) is 12.2. The highest BCUT2D eigenvalue weighted by Gasteiger charge is 2.21. The third-order valence-electron chi connectivity index (χ3n) is 4.50. The van der Waals surface area contributed by atoms with E-state index in [2.05, 4.69) is 25.1 Å². The van der Waals surface area contributed by atoms with Crippen LogP contribution in [0.5, 0.6) is 0 Å². The van der Waals surface area contributed by atoms with Crippen LogP contribution in [0, 0.1) is 0 Å². The predicted octanol–water partition coefficient (Wildman–Crippen LogP) is 1.58. The summed E-state index contributed by atoms with van der Waals surface area (Å²) in [7, 11) is 2.01. The number of rotatable bonds is 4. The zero-order valence-corrected chi connectivity index (χ0v) is 14.9. The zero-order chi connectivity index (χ0) is 17.2. The largest absolute Gasteiger partial charge is 0.316 e. The summed E-state index contributed by atoms with van der Waals surface area (Å²) in [4.78, 5) is 16.7. The fourth-order valence-corrected chi connectivity index (χ4v) is 4.01. The molecule has 4 heterocycles. The average Bonchev–Trinajstić information content (AvgIpc) is 3.01. The summed E-state index contributed by atoms with van der Waals surface area (Å²) in [6.45, 7) is 2.04. The lowest BCUT2D eigenvalue weighted by Crippen LogP contribution is -2.29. The standard InChI is InChI=1S/C17H20N6OS/c1-22-16(12-5-4-7-18-10-12)20-21-17(22)25-11-13-9-15(24)23-8-3-2-6-14(23)19-13/h2-3,6,8-9,12,18H,4-5,7,10-11H2,1H3/t12-/m0/s1. The van der Waals surface area contributed by atoms with Crippen LogP contribution in [0.1, 0.15) is 30.3 Å². The summed E-state index contributed by atoms with van der Waals surface area (Å²) in [5.74, 6) is 2.04. The number of hydrogen-bond donors (Lipinski definition) is 1. The second-order valence-electron chi connectivity index (χ2n) is 6.25. The molecule has 3 aromatic heterocycles. The molecule has 1 N–H and O–H groups in total. The quantitative estimate of drug-likeness (QED) is 0.715. The minimum absolute atomic E-state index is 0.0619. The van der Waals surface area contributed by atoms with Crippen molar-refractivity contribution in [3.05, 3.63) is 52.3 Å². The number of nitrogens with zero attached hydrogens (tertiary/aromatic N) is 5. The lowest BCUT2D eigenvalue weighted by Gasteiger charge is -2.21. The molecule has 130 valence electrons. The van der Waals surface area contributed by atoms with Crippen LogP contribution < -0.4 is 10.9 Å². The molecule has 1 fully saturated rings. The third-order valence-corrected chi connectivity index (χ3v) is 5.56. The van der Waals surface area contributed by atoms with Gasteiger partial charge in [0.1, 0.15) is 11.5 Å². The number of fused-ring (bicyclic) bond motifs is 1. The van der Waals surface area contributed by atoms with Crippen LogP contribution in [0.15, 0.2) is 40.4 Å². The normalized spacial score (nSPS) is 17.9. The lowest BCUT2D eigenvalue weighted by atomic mass is 9.99. The molecule has 0 aromatic carbocycles. The van der Waals surface area contributed by atoms with Crippen LogP contribution in [-0.2, 0) is 12.8 Å². The molecule has 0 unspecified atom stereocenters. The van der Waals surface area contributed by atoms with E-state index in [9.17, 15) is 4.79 Å². The van der Waals surface area contributed by atoms with Crippen molar-refractivity contribution in [1.82, 2.24) is 29.5 Å². The molecule has 1 atom stereocenters. The number of thioether (sulfide) groups is 1. The third kappa shape index (κ3) is 3.32. The molecule has 1 aliphatic heterocycles. The van der Waals surface area contributed by atoms with Gasteiger partial charge in [-0.05, 0) is 31.5 Å². The van der Waals surface area contributed by atoms with Gasteiger partial charge < -0.3 is 9.88 Å². The maximum atomic E-state index is 12.2. The van der Waals surface area contributed by atoms with E-state index < -0.39 is 0 Å². The van der Waals surface area contributed by atoms with Gasteiger partial charge in [0.05, 0.1) is 5.69 Å². The highest BCUT2D eigenvalue weighted by molar-refractivity contribution is 7.98. The molecular weight excluding hydrogens is 336 g/mol. The van der Waals surface area contributed by atoms with Gasteiger partial charge >= 0.3 is 0 Å². The van der Waals surface area contributed by atoms with Crippen LogP contribution in [0.25, 0.3) is 5.65 Å². The van der Waals surface area contributed by atoms with E-state index in [0.29, 0.717) is 17.3 Å². The van der Waals surface area contributed by atoms with E-state index in [-0.39, 0.29) is 5.56 Å². The summed E-state index contributed by atoms with van der Waals surface area (Å²) < 4.78 is 3.61. The van der Waals surface area contributed by atoms with Crippen molar-refractivity contribution in [3.63, 3.8) is 0 Å². The topological polar surface area (TPSA) is 77.1 Å². The SMILES string of the molecule is Cn1c(SCc2cc(=O)n3ccccc3n2)nnc1[C@H]1CCCNC1. The van der Waals surface area contributed by atoms with Crippen LogP contribution in [0.2, 0.25) is 0 Å². The van der Waals surface area contributed by atoms with Crippen molar-refractivity contribution < 1.29 is 0 Å². The van der Waals surface area contributed by atoms with Gasteiger partial charge in [0.25, 0.3) is 5.56 Å². The molecule has 1 saturated heterocycles. The lowest BCUT2D eigenvalue weighted by molar-refractivity contribution is 0.436. The number of hydrogen-bond acceptors (Lipinski definition) is 6. The molecule has 3 aromatic rings.